The second-order valence-corrected chi connectivity index (χ2v) is 29.4. The van der Waals surface area contributed by atoms with Crippen LogP contribution in [0, 0.1) is 0 Å². The molecule has 1 aliphatic rings. The number of hydrogen-bond donors (Lipinski definition) is 0. The van der Waals surface area contributed by atoms with Crippen LogP contribution in [0.4, 0.5) is 34.1 Å². The van der Waals surface area contributed by atoms with Crippen molar-refractivity contribution in [2.75, 3.05) is 9.80 Å². The molecule has 0 aliphatic carbocycles. The van der Waals surface area contributed by atoms with E-state index in [4.69, 9.17) is 19.3 Å². The van der Waals surface area contributed by atoms with Crippen molar-refractivity contribution < 1.29 is 9.31 Å². The number of rotatable bonds is 14. The average Bonchev–Trinajstić information content (AvgIpc) is 1.72. The highest BCUT2D eigenvalue weighted by molar-refractivity contribution is 9.10. The minimum atomic E-state index is -0.364. The molecule has 1 saturated heterocycles. The first-order valence-electron chi connectivity index (χ1n) is 37.3. The fraction of sp³-hybridized carbons (Fsp3) is 0.0600. The molecule has 0 amide bonds. The molecule has 16 aromatic carbocycles. The number of anilines is 6. The van der Waals surface area contributed by atoms with Crippen molar-refractivity contribution in [1.82, 2.24) is 19.1 Å². The summed E-state index contributed by atoms with van der Waals surface area (Å²) in [7, 11) is -0.364. The molecule has 0 unspecified atom stereocenters. The monoisotopic (exact) mass is 1480 g/mol. The molecule has 0 bridgehead atoms. The number of imidazole rings is 2. The third-order valence-corrected chi connectivity index (χ3v) is 21.5. The highest BCUT2D eigenvalue weighted by Gasteiger charge is 2.51. The molecular weight excluding hydrogens is 1410 g/mol. The van der Waals surface area contributed by atoms with E-state index in [1.807, 2.05) is 24.3 Å². The van der Waals surface area contributed by atoms with Crippen LogP contribution in [0.25, 0.3) is 111 Å². The molecule has 1 fully saturated rings. The molecule has 8 nitrogen and oxygen atoms in total. The second kappa shape index (κ2) is 30.7. The summed E-state index contributed by atoms with van der Waals surface area (Å²) in [6.45, 7) is 8.29. The molecule has 2 aromatic heterocycles. The standard InChI is InChI=1S/C47H33N3.C28H20BrN.C25H25BN2O2/c1-3-14-40(15-4-1)49(45-21-11-13-38-12-7-8-18-43(38)45)42-32-30-37(31-33-42)35-24-22-34(23-25-35)36-26-28-39(29-27-36)47-48-44-19-9-10-20-46(44)50(47)41-16-5-2-6-17-41;29-24-17-13-21(14-18-24)22-15-19-26(20-16-22)30(25-9-2-1-3-10-25)28-12-6-8-23-7-4-5-11-27(23)28;1-24(2)25(3,4)30-26(29-24)19-16-14-18(15-17-19)23-27-21-12-8-9-13-22(21)28(23)20-10-6-5-7-11-20/h1-33H;1-20H;5-17H,1-4H3. The molecule has 0 N–H and O–H groups in total. The van der Waals surface area contributed by atoms with E-state index in [0.717, 1.165) is 94.6 Å². The molecule has 110 heavy (non-hydrogen) atoms. The van der Waals surface area contributed by atoms with Gasteiger partial charge in [0.1, 0.15) is 11.6 Å². The van der Waals surface area contributed by atoms with Gasteiger partial charge in [-0.1, -0.05) is 295 Å². The number of nitrogens with zero attached hydrogens (tertiary/aromatic N) is 6. The van der Waals surface area contributed by atoms with Crippen LogP contribution in [0.3, 0.4) is 0 Å². The topological polar surface area (TPSA) is 60.6 Å². The van der Waals surface area contributed by atoms with Crippen LogP contribution >= 0.6 is 15.9 Å². The minimum Gasteiger partial charge on any atom is -0.399 e. The Hall–Kier alpha value is -13.0. The van der Waals surface area contributed by atoms with E-state index < -0.39 is 0 Å². The molecule has 0 atom stereocenters. The molecule has 0 saturated carbocycles. The summed E-state index contributed by atoms with van der Waals surface area (Å²) in [4.78, 5) is 14.6. The zero-order valence-corrected chi connectivity index (χ0v) is 63.1. The first-order chi connectivity index (χ1) is 53.9. The fourth-order valence-corrected chi connectivity index (χ4v) is 14.9. The highest BCUT2D eigenvalue weighted by atomic mass is 79.9. The molecule has 3 heterocycles. The fourth-order valence-electron chi connectivity index (χ4n) is 14.6. The molecule has 0 radical (unpaired) electrons. The van der Waals surface area contributed by atoms with Crippen molar-refractivity contribution in [2.45, 2.75) is 38.9 Å². The van der Waals surface area contributed by atoms with Crippen LogP contribution < -0.4 is 15.3 Å². The van der Waals surface area contributed by atoms with Gasteiger partial charge >= 0.3 is 7.12 Å². The van der Waals surface area contributed by atoms with E-state index in [9.17, 15) is 0 Å². The van der Waals surface area contributed by atoms with Crippen LogP contribution in [-0.2, 0) is 9.31 Å². The van der Waals surface area contributed by atoms with Crippen LogP contribution in [0.1, 0.15) is 27.7 Å². The van der Waals surface area contributed by atoms with Crippen LogP contribution in [0.5, 0.6) is 0 Å². The number of para-hydroxylation sites is 8. The summed E-state index contributed by atoms with van der Waals surface area (Å²) < 4.78 is 17.9. The highest BCUT2D eigenvalue weighted by Crippen LogP contribution is 2.43. The average molecular weight is 1490 g/mol. The van der Waals surface area contributed by atoms with E-state index in [2.05, 4.69) is 439 Å². The summed E-state index contributed by atoms with van der Waals surface area (Å²) in [6.07, 6.45) is 0. The lowest BCUT2D eigenvalue weighted by molar-refractivity contribution is 0.00578. The number of fused-ring (bicyclic) bond motifs is 4. The summed E-state index contributed by atoms with van der Waals surface area (Å²) >= 11 is 3.51. The van der Waals surface area contributed by atoms with Gasteiger partial charge in [0.2, 0.25) is 0 Å². The summed E-state index contributed by atoms with van der Waals surface area (Å²) in [5.41, 5.74) is 22.8. The van der Waals surface area contributed by atoms with Crippen LogP contribution in [-0.4, -0.2) is 37.4 Å². The normalized spacial score (nSPS) is 12.8. The van der Waals surface area contributed by atoms with Gasteiger partial charge in [-0.3, -0.25) is 9.13 Å². The summed E-state index contributed by atoms with van der Waals surface area (Å²) in [5, 5.41) is 4.92. The quantitative estimate of drug-likeness (QED) is 0.101. The van der Waals surface area contributed by atoms with E-state index in [0.29, 0.717) is 0 Å². The Labute approximate surface area is 651 Å². The van der Waals surface area contributed by atoms with Crippen molar-refractivity contribution >= 4 is 106 Å². The van der Waals surface area contributed by atoms with Gasteiger partial charge in [-0.05, 0) is 199 Å². The maximum Gasteiger partial charge on any atom is 0.494 e. The van der Waals surface area contributed by atoms with Gasteiger partial charge in [-0.15, -0.1) is 0 Å². The maximum absolute atomic E-state index is 6.19. The van der Waals surface area contributed by atoms with Gasteiger partial charge in [-0.25, -0.2) is 9.97 Å². The molecule has 530 valence electrons. The van der Waals surface area contributed by atoms with Gasteiger partial charge in [0.15, 0.2) is 0 Å². The Morgan fingerprint density at radius 1 is 0.282 bits per heavy atom. The molecule has 0 spiro atoms. The lowest BCUT2D eigenvalue weighted by atomic mass is 9.79. The zero-order valence-electron chi connectivity index (χ0n) is 61.6. The van der Waals surface area contributed by atoms with Gasteiger partial charge in [-0.2, -0.15) is 0 Å². The van der Waals surface area contributed by atoms with Crippen LogP contribution in [0.2, 0.25) is 0 Å². The second-order valence-electron chi connectivity index (χ2n) is 28.5. The van der Waals surface area contributed by atoms with Crippen molar-refractivity contribution in [1.29, 1.82) is 0 Å². The molecule has 19 rings (SSSR count). The first-order valence-corrected chi connectivity index (χ1v) is 38.1. The van der Waals surface area contributed by atoms with E-state index in [1.165, 1.54) is 60.6 Å². The zero-order chi connectivity index (χ0) is 74.6. The van der Waals surface area contributed by atoms with Crippen molar-refractivity contribution in [3.8, 4) is 67.5 Å². The van der Waals surface area contributed by atoms with Crippen molar-refractivity contribution in [2.24, 2.45) is 0 Å². The Morgan fingerprint density at radius 2 is 0.573 bits per heavy atom. The maximum atomic E-state index is 6.19. The van der Waals surface area contributed by atoms with Crippen molar-refractivity contribution in [3.63, 3.8) is 0 Å². The summed E-state index contributed by atoms with van der Waals surface area (Å²) in [6, 6.07) is 141. The van der Waals surface area contributed by atoms with E-state index in [-0.39, 0.29) is 18.3 Å². The largest absolute Gasteiger partial charge is 0.494 e. The lowest BCUT2D eigenvalue weighted by Gasteiger charge is -2.32. The first kappa shape index (κ1) is 70.1. The van der Waals surface area contributed by atoms with Gasteiger partial charge < -0.3 is 19.1 Å². The van der Waals surface area contributed by atoms with Crippen LogP contribution in [0.15, 0.2) is 405 Å². The SMILES string of the molecule is Brc1ccc(-c2ccc(N(c3ccccc3)c3cccc4ccccc34)cc2)cc1.CC1(C)OB(c2ccc(-c3nc4ccccc4n3-c3ccccc3)cc2)OC1(C)C.c1ccc(N(c2ccc(-c3ccc(-c4ccc(-c5nc6ccccc6n5-c5ccccc5)cc4)cc3)cc2)c2cccc3ccccc23)cc1. The third-order valence-electron chi connectivity index (χ3n) is 21.0. The smallest absolute Gasteiger partial charge is 0.399 e. The lowest BCUT2D eigenvalue weighted by Crippen LogP contribution is -2.41. The Morgan fingerprint density at radius 3 is 0.964 bits per heavy atom. The predicted molar refractivity (Wildman–Crippen MR) is 464 cm³/mol. The molecular formula is C100H78BBrN6O2. The molecule has 1 aliphatic heterocycles. The Balaban J connectivity index is 0.000000127. The van der Waals surface area contributed by atoms with Gasteiger partial charge in [0.25, 0.3) is 0 Å². The predicted octanol–water partition coefficient (Wildman–Crippen LogP) is 26.4. The molecule has 18 aromatic rings. The Kier molecular flexibility index (Phi) is 19.6. The molecule has 10 heteroatoms. The van der Waals surface area contributed by atoms with Gasteiger partial charge in [0, 0.05) is 60.5 Å². The number of hydrogen-bond acceptors (Lipinski definition) is 6. The minimum absolute atomic E-state index is 0.350. The number of halogens is 1. The number of benzene rings is 16. The van der Waals surface area contributed by atoms with Crippen molar-refractivity contribution in [3.05, 3.63) is 405 Å². The number of aromatic nitrogens is 4. The van der Waals surface area contributed by atoms with Gasteiger partial charge in [0.05, 0.1) is 44.6 Å². The Bertz CT molecular complexity index is 6170. The summed E-state index contributed by atoms with van der Waals surface area (Å²) in [5.74, 6) is 1.86. The van der Waals surface area contributed by atoms with E-state index >= 15 is 0 Å². The van der Waals surface area contributed by atoms with E-state index in [1.54, 1.807) is 0 Å². The third kappa shape index (κ3) is 14.3.